The van der Waals surface area contributed by atoms with Gasteiger partial charge >= 0.3 is 0 Å². The number of benzene rings is 1. The Labute approximate surface area is 204 Å². The second kappa shape index (κ2) is 9.64. The lowest BCUT2D eigenvalue weighted by Gasteiger charge is -2.29. The van der Waals surface area contributed by atoms with Crippen molar-refractivity contribution >= 4 is 23.1 Å². The number of likely N-dealkylation sites (tertiary alicyclic amines) is 1. The van der Waals surface area contributed by atoms with Crippen molar-refractivity contribution in [2.24, 2.45) is 0 Å². The zero-order chi connectivity index (χ0) is 24.5. The van der Waals surface area contributed by atoms with Crippen molar-refractivity contribution in [3.05, 3.63) is 76.7 Å². The van der Waals surface area contributed by atoms with Crippen molar-refractivity contribution in [2.75, 3.05) is 39.4 Å². The number of carbonyl (C=O) groups is 2. The average Bonchev–Trinajstić information content (AvgIpc) is 3.33. The largest absolute Gasteiger partial charge is 0.505 e. The number of nitrogens with zero attached hydrogens (tertiary/aromatic N) is 4. The van der Waals surface area contributed by atoms with Crippen LogP contribution in [0.3, 0.4) is 0 Å². The lowest BCUT2D eigenvalue weighted by Crippen LogP contribution is -2.38. The molecule has 3 aromatic rings. The monoisotopic (exact) mass is 474 g/mol. The summed E-state index contributed by atoms with van der Waals surface area (Å²) in [4.78, 5) is 35.0. The summed E-state index contributed by atoms with van der Waals surface area (Å²) in [6, 6.07) is 12.7. The second-order valence-electron chi connectivity index (χ2n) is 9.19. The number of pyridine rings is 1. The number of ketones is 1. The lowest BCUT2D eigenvalue weighted by molar-refractivity contribution is -0.140. The molecule has 1 N–H and O–H groups in total. The number of Topliss-reactive ketones (excluding diaryl/α,β-unsaturated/α-hetero) is 1. The Morgan fingerprint density at radius 1 is 1.06 bits per heavy atom. The molecule has 1 amide bonds. The summed E-state index contributed by atoms with van der Waals surface area (Å²) in [6.45, 7) is 8.19. The molecular weight excluding hydrogens is 444 g/mol. The van der Waals surface area contributed by atoms with Gasteiger partial charge in [-0.2, -0.15) is 0 Å². The quantitative estimate of drug-likeness (QED) is 0.336. The summed E-state index contributed by atoms with van der Waals surface area (Å²) in [5.74, 6) is -1.43. The first-order valence-corrected chi connectivity index (χ1v) is 12.0. The van der Waals surface area contributed by atoms with E-state index < -0.39 is 17.7 Å². The van der Waals surface area contributed by atoms with E-state index >= 15 is 0 Å². The highest BCUT2D eigenvalue weighted by molar-refractivity contribution is 6.46. The lowest BCUT2D eigenvalue weighted by atomic mass is 9.95. The van der Waals surface area contributed by atoms with Crippen LogP contribution in [0.2, 0.25) is 0 Å². The van der Waals surface area contributed by atoms with Gasteiger partial charge in [-0.25, -0.2) is 4.98 Å². The van der Waals surface area contributed by atoms with Gasteiger partial charge in [0.1, 0.15) is 11.3 Å². The van der Waals surface area contributed by atoms with Crippen molar-refractivity contribution in [1.82, 2.24) is 19.2 Å². The molecule has 1 aromatic carbocycles. The number of imidazole rings is 1. The van der Waals surface area contributed by atoms with Gasteiger partial charge in [-0.1, -0.05) is 35.9 Å². The minimum absolute atomic E-state index is 0.110. The van der Waals surface area contributed by atoms with E-state index in [1.165, 1.54) is 0 Å². The third-order valence-electron chi connectivity index (χ3n) is 6.84. The molecule has 0 spiro atoms. The molecule has 8 heteroatoms. The van der Waals surface area contributed by atoms with Crippen molar-refractivity contribution in [3.63, 3.8) is 0 Å². The maximum atomic E-state index is 13.3. The summed E-state index contributed by atoms with van der Waals surface area (Å²) in [5.41, 5.74) is 3.68. The predicted octanol–water partition coefficient (Wildman–Crippen LogP) is 3.10. The van der Waals surface area contributed by atoms with Crippen LogP contribution >= 0.6 is 0 Å². The van der Waals surface area contributed by atoms with Crippen molar-refractivity contribution in [3.8, 4) is 0 Å². The fraction of sp³-hybridized carbons (Fsp3) is 0.370. The van der Waals surface area contributed by atoms with E-state index in [-0.39, 0.29) is 11.3 Å². The number of aliphatic hydroxyl groups excluding tert-OH is 1. The Kier molecular flexibility index (Phi) is 6.40. The van der Waals surface area contributed by atoms with Crippen LogP contribution in [-0.4, -0.2) is 75.4 Å². The number of hydrogen-bond acceptors (Lipinski definition) is 6. The molecule has 1 atom stereocenters. The smallest absolute Gasteiger partial charge is 0.295 e. The van der Waals surface area contributed by atoms with E-state index in [2.05, 4.69) is 9.88 Å². The van der Waals surface area contributed by atoms with Gasteiger partial charge in [-0.3, -0.25) is 18.9 Å². The minimum atomic E-state index is -0.662. The third-order valence-corrected chi connectivity index (χ3v) is 6.84. The number of ether oxygens (including phenoxy) is 1. The topological polar surface area (TPSA) is 87.4 Å². The van der Waals surface area contributed by atoms with Crippen molar-refractivity contribution in [1.29, 1.82) is 0 Å². The summed E-state index contributed by atoms with van der Waals surface area (Å²) < 4.78 is 7.17. The van der Waals surface area contributed by atoms with E-state index in [1.54, 1.807) is 22.4 Å². The fourth-order valence-electron chi connectivity index (χ4n) is 5.02. The maximum absolute atomic E-state index is 13.3. The van der Waals surface area contributed by atoms with E-state index in [9.17, 15) is 14.7 Å². The number of aryl methyl sites for hydroxylation is 2. The Balaban J connectivity index is 1.54. The second-order valence-corrected chi connectivity index (χ2v) is 9.19. The van der Waals surface area contributed by atoms with Gasteiger partial charge in [0, 0.05) is 32.4 Å². The van der Waals surface area contributed by atoms with Crippen LogP contribution < -0.4 is 0 Å². The van der Waals surface area contributed by atoms with E-state index in [4.69, 9.17) is 4.74 Å². The van der Waals surface area contributed by atoms with Crippen LogP contribution in [-0.2, 0) is 14.3 Å². The highest BCUT2D eigenvalue weighted by Crippen LogP contribution is 2.40. The maximum Gasteiger partial charge on any atom is 0.295 e. The molecule has 182 valence electrons. The van der Waals surface area contributed by atoms with Crippen LogP contribution in [0, 0.1) is 13.8 Å². The molecule has 0 saturated carbocycles. The van der Waals surface area contributed by atoms with Gasteiger partial charge in [0.15, 0.2) is 5.76 Å². The zero-order valence-corrected chi connectivity index (χ0v) is 20.1. The van der Waals surface area contributed by atoms with Crippen LogP contribution in [0.1, 0.15) is 35.0 Å². The highest BCUT2D eigenvalue weighted by atomic mass is 16.5. The first-order valence-electron chi connectivity index (χ1n) is 12.0. The van der Waals surface area contributed by atoms with E-state index in [0.29, 0.717) is 36.8 Å². The molecule has 2 fully saturated rings. The van der Waals surface area contributed by atoms with Crippen LogP contribution in [0.5, 0.6) is 0 Å². The number of rotatable bonds is 6. The number of fused-ring (bicyclic) bond motifs is 1. The summed E-state index contributed by atoms with van der Waals surface area (Å²) in [5, 5.41) is 11.5. The molecule has 0 radical (unpaired) electrons. The van der Waals surface area contributed by atoms with Gasteiger partial charge in [0.25, 0.3) is 11.7 Å². The minimum Gasteiger partial charge on any atom is -0.505 e. The number of hydrogen-bond donors (Lipinski definition) is 1. The van der Waals surface area contributed by atoms with Crippen molar-refractivity contribution in [2.45, 2.75) is 26.3 Å². The Hall–Kier alpha value is -3.49. The first-order chi connectivity index (χ1) is 17.0. The number of aromatic nitrogens is 2. The molecule has 35 heavy (non-hydrogen) atoms. The molecule has 2 aliphatic rings. The van der Waals surface area contributed by atoms with Gasteiger partial charge in [0.05, 0.1) is 30.5 Å². The summed E-state index contributed by atoms with van der Waals surface area (Å²) in [7, 11) is 0. The molecule has 0 bridgehead atoms. The number of carbonyl (C=O) groups excluding carboxylic acids is 2. The van der Waals surface area contributed by atoms with Crippen LogP contribution in [0.25, 0.3) is 11.4 Å². The first kappa shape index (κ1) is 23.3. The number of morpholine rings is 1. The highest BCUT2D eigenvalue weighted by Gasteiger charge is 2.46. The van der Waals surface area contributed by atoms with Crippen molar-refractivity contribution < 1.29 is 19.4 Å². The molecule has 2 aromatic heterocycles. The zero-order valence-electron chi connectivity index (χ0n) is 20.1. The third kappa shape index (κ3) is 4.35. The number of aliphatic hydroxyl groups is 1. The van der Waals surface area contributed by atoms with Gasteiger partial charge in [0.2, 0.25) is 0 Å². The Morgan fingerprint density at radius 2 is 1.80 bits per heavy atom. The summed E-state index contributed by atoms with van der Waals surface area (Å²) >= 11 is 0. The molecule has 2 saturated heterocycles. The molecule has 5 rings (SSSR count). The molecule has 2 aliphatic heterocycles. The number of amides is 1. The fourth-order valence-corrected chi connectivity index (χ4v) is 5.02. The van der Waals surface area contributed by atoms with Crippen LogP contribution in [0.4, 0.5) is 0 Å². The average molecular weight is 475 g/mol. The van der Waals surface area contributed by atoms with E-state index in [0.717, 1.165) is 37.2 Å². The Morgan fingerprint density at radius 3 is 2.54 bits per heavy atom. The molecule has 0 unspecified atom stereocenters. The van der Waals surface area contributed by atoms with E-state index in [1.807, 2.05) is 49.4 Å². The van der Waals surface area contributed by atoms with Gasteiger partial charge in [-0.05, 0) is 38.0 Å². The molecular formula is C27H30N4O4. The van der Waals surface area contributed by atoms with Gasteiger partial charge in [-0.15, -0.1) is 0 Å². The Bertz CT molecular complexity index is 1290. The molecule has 4 heterocycles. The molecule has 0 aliphatic carbocycles. The molecule has 8 nitrogen and oxygen atoms in total. The predicted molar refractivity (Wildman–Crippen MR) is 132 cm³/mol. The van der Waals surface area contributed by atoms with Crippen LogP contribution in [0.15, 0.2) is 54.2 Å². The normalized spacial score (nSPS) is 20.7. The van der Waals surface area contributed by atoms with Gasteiger partial charge < -0.3 is 14.7 Å². The summed E-state index contributed by atoms with van der Waals surface area (Å²) in [6.07, 6.45) is 2.52. The SMILES string of the molecule is Cc1ccc([C@@H]2/C(=C(\O)c3c(C)nc4ccccn34)C(=O)C(=O)N2CCCN2CCOCC2)cc1. The standard InChI is InChI=1S/C27H30N4O4/c1-18-7-9-20(10-8-18)24-22(25(32)23-19(2)28-21-6-3-4-12-30(21)23)26(33)27(34)31(24)13-5-11-29-14-16-35-17-15-29/h3-4,6-10,12,24,32H,5,11,13-17H2,1-2H3/b25-22+/t24-/m1/s1.